The van der Waals surface area contributed by atoms with Crippen LogP contribution in [0.1, 0.15) is 33.6 Å². The molecule has 0 spiro atoms. The Hall–Kier alpha value is -1.93. The second kappa shape index (κ2) is 5.59. The summed E-state index contributed by atoms with van der Waals surface area (Å²) in [5, 5.41) is 0. The van der Waals surface area contributed by atoms with Gasteiger partial charge in [0.25, 0.3) is 0 Å². The van der Waals surface area contributed by atoms with Crippen LogP contribution in [-0.2, 0) is 19.6 Å². The van der Waals surface area contributed by atoms with E-state index in [-0.39, 0.29) is 30.6 Å². The molecule has 0 saturated heterocycles. The van der Waals surface area contributed by atoms with Gasteiger partial charge in [0, 0.05) is 6.42 Å². The van der Waals surface area contributed by atoms with Gasteiger partial charge in [-0.25, -0.2) is 9.59 Å². The third kappa shape index (κ3) is 3.34. The van der Waals surface area contributed by atoms with Crippen LogP contribution >= 0.6 is 0 Å². The number of benzene rings is 1. The standard InChI is InChI=1S/C12H12O7S/c13-11-8-3-1-4-9(7-8)12(14)19-10(20(15,16)17)5-2-6-18-11/h1,3-4,7,10H,2,5-6H2,(H,15,16,17). The molecule has 108 valence electrons. The highest BCUT2D eigenvalue weighted by atomic mass is 32.2. The van der Waals surface area contributed by atoms with Gasteiger partial charge in [0.1, 0.15) is 0 Å². The molecule has 2 rings (SSSR count). The van der Waals surface area contributed by atoms with Crippen molar-refractivity contribution in [3.8, 4) is 0 Å². The van der Waals surface area contributed by atoms with Gasteiger partial charge >= 0.3 is 22.1 Å². The van der Waals surface area contributed by atoms with Crippen LogP contribution in [0.25, 0.3) is 0 Å². The Morgan fingerprint density at radius 1 is 1.15 bits per heavy atom. The second-order valence-electron chi connectivity index (χ2n) is 4.21. The lowest BCUT2D eigenvalue weighted by Gasteiger charge is -2.14. The summed E-state index contributed by atoms with van der Waals surface area (Å²) in [5.41, 5.74) is -1.49. The van der Waals surface area contributed by atoms with E-state index in [1.807, 2.05) is 0 Å². The molecule has 0 fully saturated rings. The Morgan fingerprint density at radius 2 is 1.80 bits per heavy atom. The lowest BCUT2D eigenvalue weighted by atomic mass is 10.1. The number of rotatable bonds is 1. The van der Waals surface area contributed by atoms with Crippen LogP contribution in [0.5, 0.6) is 0 Å². The summed E-state index contributed by atoms with van der Waals surface area (Å²) < 4.78 is 41.0. The summed E-state index contributed by atoms with van der Waals surface area (Å²) >= 11 is 0. The molecule has 0 radical (unpaired) electrons. The minimum absolute atomic E-state index is 0.00926. The van der Waals surface area contributed by atoms with Gasteiger partial charge in [-0.1, -0.05) is 6.07 Å². The molecule has 0 aromatic heterocycles. The van der Waals surface area contributed by atoms with Crippen LogP contribution in [0.2, 0.25) is 0 Å². The second-order valence-corrected chi connectivity index (χ2v) is 5.76. The van der Waals surface area contributed by atoms with Crippen LogP contribution in [0.4, 0.5) is 0 Å². The first kappa shape index (κ1) is 14.5. The van der Waals surface area contributed by atoms with Gasteiger partial charge in [-0.3, -0.25) is 4.55 Å². The van der Waals surface area contributed by atoms with Crippen molar-refractivity contribution in [3.63, 3.8) is 0 Å². The highest BCUT2D eigenvalue weighted by Crippen LogP contribution is 2.16. The summed E-state index contributed by atoms with van der Waals surface area (Å²) in [7, 11) is -4.53. The predicted octanol–water partition coefficient (Wildman–Crippen LogP) is 1.01. The molecule has 8 heteroatoms. The normalized spacial score (nSPS) is 20.6. The maximum Gasteiger partial charge on any atom is 0.339 e. The van der Waals surface area contributed by atoms with Crippen molar-refractivity contribution in [1.29, 1.82) is 0 Å². The summed E-state index contributed by atoms with van der Waals surface area (Å²) in [6.45, 7) is -0.0351. The number of hydrogen-bond donors (Lipinski definition) is 1. The van der Waals surface area contributed by atoms with Gasteiger partial charge in [0.15, 0.2) is 0 Å². The lowest BCUT2D eigenvalue weighted by molar-refractivity contribution is 0.0378. The molecular formula is C12H12O7S. The van der Waals surface area contributed by atoms with Crippen LogP contribution in [0.3, 0.4) is 0 Å². The molecule has 1 unspecified atom stereocenters. The van der Waals surface area contributed by atoms with E-state index < -0.39 is 27.5 Å². The van der Waals surface area contributed by atoms with Crippen molar-refractivity contribution in [2.24, 2.45) is 0 Å². The average Bonchev–Trinajstić information content (AvgIpc) is 2.41. The number of esters is 2. The fourth-order valence-corrected chi connectivity index (χ4v) is 2.40. The lowest BCUT2D eigenvalue weighted by Crippen LogP contribution is -2.27. The number of carbonyl (C=O) groups excluding carboxylic acids is 2. The molecule has 0 aliphatic carbocycles. The molecule has 1 heterocycles. The first-order valence-corrected chi connectivity index (χ1v) is 7.33. The molecule has 0 amide bonds. The molecular weight excluding hydrogens is 288 g/mol. The molecule has 0 saturated carbocycles. The Labute approximate surface area is 115 Å². The highest BCUT2D eigenvalue weighted by molar-refractivity contribution is 7.86. The van der Waals surface area contributed by atoms with Gasteiger partial charge in [-0.05, 0) is 24.6 Å². The van der Waals surface area contributed by atoms with Gasteiger partial charge in [0.2, 0.25) is 5.44 Å². The zero-order chi connectivity index (χ0) is 14.8. The molecule has 1 aliphatic rings. The molecule has 1 aromatic carbocycles. The van der Waals surface area contributed by atoms with Crippen LogP contribution in [-0.4, -0.2) is 37.0 Å². The molecule has 1 aliphatic heterocycles. The smallest absolute Gasteiger partial charge is 0.339 e. The predicted molar refractivity (Wildman–Crippen MR) is 66.7 cm³/mol. The van der Waals surface area contributed by atoms with Crippen LogP contribution in [0.15, 0.2) is 24.3 Å². The van der Waals surface area contributed by atoms with Crippen molar-refractivity contribution in [2.75, 3.05) is 6.61 Å². The Bertz CT molecular complexity index is 635. The largest absolute Gasteiger partial charge is 0.462 e. The van der Waals surface area contributed by atoms with E-state index in [1.165, 1.54) is 24.3 Å². The van der Waals surface area contributed by atoms with Crippen LogP contribution in [0, 0.1) is 0 Å². The number of hydrogen-bond acceptors (Lipinski definition) is 6. The summed E-state index contributed by atoms with van der Waals surface area (Å²) in [6, 6.07) is 5.54. The molecule has 1 aromatic rings. The fraction of sp³-hybridized carbons (Fsp3) is 0.333. The minimum atomic E-state index is -4.53. The Balaban J connectivity index is 2.36. The maximum absolute atomic E-state index is 11.8. The van der Waals surface area contributed by atoms with Crippen molar-refractivity contribution in [3.05, 3.63) is 35.4 Å². The summed E-state index contributed by atoms with van der Waals surface area (Å²) in [5.74, 6) is -1.53. The first-order chi connectivity index (χ1) is 9.38. The van der Waals surface area contributed by atoms with Gasteiger partial charge in [-0.2, -0.15) is 8.42 Å². The van der Waals surface area contributed by atoms with Crippen molar-refractivity contribution < 1.29 is 32.0 Å². The SMILES string of the molecule is O=C1OCCCC(S(=O)(=O)O)OC(=O)c2cccc1c2. The Kier molecular flexibility index (Phi) is 4.05. The van der Waals surface area contributed by atoms with Crippen molar-refractivity contribution in [1.82, 2.24) is 0 Å². The minimum Gasteiger partial charge on any atom is -0.462 e. The first-order valence-electron chi connectivity index (χ1n) is 5.82. The summed E-state index contributed by atoms with van der Waals surface area (Å²) in [4.78, 5) is 23.5. The Morgan fingerprint density at radius 3 is 2.45 bits per heavy atom. The van der Waals surface area contributed by atoms with Gasteiger partial charge < -0.3 is 9.47 Å². The number of carbonyl (C=O) groups is 2. The van der Waals surface area contributed by atoms with Crippen molar-refractivity contribution in [2.45, 2.75) is 18.3 Å². The third-order valence-electron chi connectivity index (χ3n) is 2.72. The average molecular weight is 300 g/mol. The molecule has 2 bridgehead atoms. The van der Waals surface area contributed by atoms with E-state index in [9.17, 15) is 18.0 Å². The van der Waals surface area contributed by atoms with E-state index >= 15 is 0 Å². The highest BCUT2D eigenvalue weighted by Gasteiger charge is 2.28. The maximum atomic E-state index is 11.8. The summed E-state index contributed by atoms with van der Waals surface area (Å²) in [6.07, 6.45) is -0.0204. The fourth-order valence-electron chi connectivity index (χ4n) is 1.73. The number of fused-ring (bicyclic) bond motifs is 2. The zero-order valence-electron chi connectivity index (χ0n) is 10.3. The quantitative estimate of drug-likeness (QED) is 0.609. The van der Waals surface area contributed by atoms with E-state index in [0.717, 1.165) is 0 Å². The molecule has 1 N–H and O–H groups in total. The van der Waals surface area contributed by atoms with E-state index in [1.54, 1.807) is 0 Å². The topological polar surface area (TPSA) is 107 Å². The molecule has 1 atom stereocenters. The van der Waals surface area contributed by atoms with Gasteiger partial charge in [-0.15, -0.1) is 0 Å². The van der Waals surface area contributed by atoms with E-state index in [2.05, 4.69) is 0 Å². The third-order valence-corrected chi connectivity index (χ3v) is 3.72. The number of ether oxygens (including phenoxy) is 2. The van der Waals surface area contributed by atoms with Gasteiger partial charge in [0.05, 0.1) is 17.7 Å². The molecule has 20 heavy (non-hydrogen) atoms. The molecule has 7 nitrogen and oxygen atoms in total. The number of cyclic esters (lactones) is 2. The van der Waals surface area contributed by atoms with Crippen LogP contribution < -0.4 is 0 Å². The van der Waals surface area contributed by atoms with E-state index in [4.69, 9.17) is 14.0 Å². The van der Waals surface area contributed by atoms with E-state index in [0.29, 0.717) is 0 Å². The monoisotopic (exact) mass is 300 g/mol. The zero-order valence-corrected chi connectivity index (χ0v) is 11.1. The van der Waals surface area contributed by atoms with Crippen molar-refractivity contribution >= 4 is 22.1 Å².